The van der Waals surface area contributed by atoms with Crippen molar-refractivity contribution >= 4 is 21.9 Å². The van der Waals surface area contributed by atoms with E-state index in [1.165, 1.54) is 24.6 Å². The van der Waals surface area contributed by atoms with Gasteiger partial charge < -0.3 is 4.98 Å². The Morgan fingerprint density at radius 1 is 1.16 bits per heavy atom. The highest BCUT2D eigenvalue weighted by atomic mass is 32.2. The number of nitrogens with one attached hydrogen (secondary N) is 2. The molecule has 1 atom stereocenters. The first kappa shape index (κ1) is 18.1. The third-order valence-corrected chi connectivity index (χ3v) is 5.67. The quantitative estimate of drug-likeness (QED) is 0.859. The van der Waals surface area contributed by atoms with Gasteiger partial charge >= 0.3 is 6.18 Å². The Balaban J connectivity index is 1.85. The SMILES string of the molecule is O=c1cc(C(F)(F)F)c2cc(S(=O)NCC3CCCCC3)ccc2[nH]1. The van der Waals surface area contributed by atoms with Crippen LogP contribution in [0, 0.1) is 5.92 Å². The van der Waals surface area contributed by atoms with Gasteiger partial charge in [0.1, 0.15) is 11.0 Å². The molecule has 0 bridgehead atoms. The Labute approximate surface area is 145 Å². The van der Waals surface area contributed by atoms with Gasteiger partial charge in [-0.1, -0.05) is 19.3 Å². The van der Waals surface area contributed by atoms with Crippen LogP contribution in [-0.4, -0.2) is 15.7 Å². The predicted molar refractivity (Wildman–Crippen MR) is 90.6 cm³/mol. The maximum atomic E-state index is 13.2. The monoisotopic (exact) mass is 372 g/mol. The molecule has 0 amide bonds. The van der Waals surface area contributed by atoms with Crippen LogP contribution >= 0.6 is 0 Å². The van der Waals surface area contributed by atoms with Crippen molar-refractivity contribution in [2.45, 2.75) is 43.2 Å². The fraction of sp³-hybridized carbons (Fsp3) is 0.471. The van der Waals surface area contributed by atoms with Crippen LogP contribution in [-0.2, 0) is 17.2 Å². The minimum absolute atomic E-state index is 0.0767. The third-order valence-electron chi connectivity index (χ3n) is 4.56. The molecule has 2 aromatic rings. The fourth-order valence-electron chi connectivity index (χ4n) is 3.25. The summed E-state index contributed by atoms with van der Waals surface area (Å²) in [6.07, 6.45) is 1.07. The molecule has 1 aliphatic carbocycles. The highest BCUT2D eigenvalue weighted by Gasteiger charge is 2.33. The van der Waals surface area contributed by atoms with E-state index in [4.69, 9.17) is 0 Å². The Morgan fingerprint density at radius 2 is 1.88 bits per heavy atom. The van der Waals surface area contributed by atoms with E-state index in [-0.39, 0.29) is 15.8 Å². The van der Waals surface area contributed by atoms with Gasteiger partial charge in [0, 0.05) is 23.5 Å². The number of hydrogen-bond donors (Lipinski definition) is 2. The number of hydrogen-bond acceptors (Lipinski definition) is 2. The lowest BCUT2D eigenvalue weighted by Gasteiger charge is -2.21. The van der Waals surface area contributed by atoms with Crippen LogP contribution in [0.3, 0.4) is 0 Å². The molecule has 1 aromatic heterocycles. The van der Waals surface area contributed by atoms with E-state index >= 15 is 0 Å². The molecule has 1 aromatic carbocycles. The van der Waals surface area contributed by atoms with Crippen molar-refractivity contribution in [2.75, 3.05) is 6.54 Å². The Hall–Kier alpha value is -1.67. The molecule has 0 saturated heterocycles. The molecule has 1 aliphatic rings. The Morgan fingerprint density at radius 3 is 2.56 bits per heavy atom. The van der Waals surface area contributed by atoms with E-state index in [0.29, 0.717) is 18.5 Å². The molecule has 1 heterocycles. The highest BCUT2D eigenvalue weighted by Crippen LogP contribution is 2.33. The zero-order chi connectivity index (χ0) is 18.0. The maximum Gasteiger partial charge on any atom is 0.417 e. The average Bonchev–Trinajstić information content (AvgIpc) is 2.58. The molecule has 1 saturated carbocycles. The van der Waals surface area contributed by atoms with Gasteiger partial charge in [-0.05, 0) is 37.0 Å². The minimum Gasteiger partial charge on any atom is -0.322 e. The summed E-state index contributed by atoms with van der Waals surface area (Å²) >= 11 is 0. The van der Waals surface area contributed by atoms with Crippen LogP contribution in [0.1, 0.15) is 37.7 Å². The zero-order valence-corrected chi connectivity index (χ0v) is 14.3. The third kappa shape index (κ3) is 4.30. The van der Waals surface area contributed by atoms with E-state index in [9.17, 15) is 22.2 Å². The number of rotatable bonds is 4. The number of benzene rings is 1. The molecule has 0 spiro atoms. The molecule has 1 unspecified atom stereocenters. The molecule has 8 heteroatoms. The van der Waals surface area contributed by atoms with Crippen LogP contribution in [0.2, 0.25) is 0 Å². The number of halogens is 3. The highest BCUT2D eigenvalue weighted by molar-refractivity contribution is 7.83. The maximum absolute atomic E-state index is 13.2. The predicted octanol–water partition coefficient (Wildman–Crippen LogP) is 3.74. The van der Waals surface area contributed by atoms with Crippen molar-refractivity contribution in [3.05, 3.63) is 40.2 Å². The first-order valence-corrected chi connectivity index (χ1v) is 9.39. The van der Waals surface area contributed by atoms with E-state index in [2.05, 4.69) is 9.71 Å². The van der Waals surface area contributed by atoms with Crippen molar-refractivity contribution in [1.29, 1.82) is 0 Å². The number of pyridine rings is 1. The minimum atomic E-state index is -4.65. The molecular formula is C17H19F3N2O2S. The van der Waals surface area contributed by atoms with Crippen LogP contribution in [0.25, 0.3) is 10.9 Å². The summed E-state index contributed by atoms with van der Waals surface area (Å²) in [5.74, 6) is 0.459. The summed E-state index contributed by atoms with van der Waals surface area (Å²) in [7, 11) is -1.59. The van der Waals surface area contributed by atoms with Gasteiger partial charge in [-0.3, -0.25) is 4.79 Å². The second kappa shape index (κ2) is 7.29. The molecule has 3 rings (SSSR count). The number of aromatic nitrogens is 1. The number of fused-ring (bicyclic) bond motifs is 1. The number of H-pyrrole nitrogens is 1. The van der Waals surface area contributed by atoms with Gasteiger partial charge in [0.2, 0.25) is 5.56 Å². The smallest absolute Gasteiger partial charge is 0.322 e. The molecule has 0 radical (unpaired) electrons. The van der Waals surface area contributed by atoms with Gasteiger partial charge in [0.05, 0.1) is 10.5 Å². The van der Waals surface area contributed by atoms with Crippen LogP contribution in [0.15, 0.2) is 34.0 Å². The standard InChI is InChI=1S/C17H19F3N2O2S/c18-17(19,20)14-9-16(23)22-15-7-6-12(8-13(14)15)25(24)21-10-11-4-2-1-3-5-11/h6-9,11,21H,1-5,10H2,(H,22,23). The van der Waals surface area contributed by atoms with Gasteiger partial charge in [-0.15, -0.1) is 0 Å². The molecule has 4 nitrogen and oxygen atoms in total. The summed E-state index contributed by atoms with van der Waals surface area (Å²) in [6, 6.07) is 4.60. The lowest BCUT2D eigenvalue weighted by atomic mass is 9.90. The Bertz CT molecular complexity index is 842. The van der Waals surface area contributed by atoms with Crippen LogP contribution in [0.4, 0.5) is 13.2 Å². The molecule has 136 valence electrons. The van der Waals surface area contributed by atoms with Crippen molar-refractivity contribution in [3.8, 4) is 0 Å². The molecule has 2 N–H and O–H groups in total. The van der Waals surface area contributed by atoms with Gasteiger partial charge in [0.15, 0.2) is 0 Å². The van der Waals surface area contributed by atoms with Gasteiger partial charge in [-0.2, -0.15) is 13.2 Å². The van der Waals surface area contributed by atoms with Crippen LogP contribution in [0.5, 0.6) is 0 Å². The second-order valence-electron chi connectivity index (χ2n) is 6.37. The average molecular weight is 372 g/mol. The second-order valence-corrected chi connectivity index (χ2v) is 7.67. The molecular weight excluding hydrogens is 353 g/mol. The number of aromatic amines is 1. The van der Waals surface area contributed by atoms with Gasteiger partial charge in [-0.25, -0.2) is 8.93 Å². The summed E-state index contributed by atoms with van der Waals surface area (Å²) in [5, 5.41) is -0.155. The van der Waals surface area contributed by atoms with Gasteiger partial charge in [0.25, 0.3) is 0 Å². The lowest BCUT2D eigenvalue weighted by molar-refractivity contribution is -0.136. The molecule has 25 heavy (non-hydrogen) atoms. The first-order chi connectivity index (χ1) is 11.8. The van der Waals surface area contributed by atoms with E-state index in [1.54, 1.807) is 0 Å². The fourth-order valence-corrected chi connectivity index (χ4v) is 4.22. The van der Waals surface area contributed by atoms with E-state index < -0.39 is 28.3 Å². The normalized spacial score (nSPS) is 17.7. The summed E-state index contributed by atoms with van der Waals surface area (Å²) in [6.45, 7) is 0.586. The van der Waals surface area contributed by atoms with Crippen molar-refractivity contribution in [2.24, 2.45) is 5.92 Å². The summed E-state index contributed by atoms with van der Waals surface area (Å²) in [5.41, 5.74) is -1.76. The summed E-state index contributed by atoms with van der Waals surface area (Å²) < 4.78 is 54.9. The largest absolute Gasteiger partial charge is 0.417 e. The topological polar surface area (TPSA) is 62.0 Å². The Kier molecular flexibility index (Phi) is 5.29. The number of alkyl halides is 3. The lowest BCUT2D eigenvalue weighted by Crippen LogP contribution is -2.26. The molecule has 1 fully saturated rings. The van der Waals surface area contributed by atoms with Crippen molar-refractivity contribution in [1.82, 2.24) is 9.71 Å². The molecule has 0 aliphatic heterocycles. The van der Waals surface area contributed by atoms with Crippen LogP contribution < -0.4 is 10.3 Å². The van der Waals surface area contributed by atoms with Crippen molar-refractivity contribution in [3.63, 3.8) is 0 Å². The zero-order valence-electron chi connectivity index (χ0n) is 13.5. The summed E-state index contributed by atoms with van der Waals surface area (Å²) in [4.78, 5) is 14.1. The first-order valence-electron chi connectivity index (χ1n) is 8.24. The van der Waals surface area contributed by atoms with E-state index in [0.717, 1.165) is 25.7 Å². The van der Waals surface area contributed by atoms with Crippen molar-refractivity contribution < 1.29 is 17.4 Å². The van der Waals surface area contributed by atoms with E-state index in [1.807, 2.05) is 0 Å².